The van der Waals surface area contributed by atoms with Crippen molar-refractivity contribution in [2.24, 2.45) is 20.0 Å². The molecule has 0 aromatic rings. The Morgan fingerprint density at radius 1 is 0.680 bits per heavy atom. The molecule has 4 rings (SSSR count). The summed E-state index contributed by atoms with van der Waals surface area (Å²) in [6, 6.07) is 0. The average Bonchev–Trinajstić information content (AvgIpc) is 2.43. The van der Waals surface area contributed by atoms with E-state index in [1.54, 1.807) is 0 Å². The zero-order chi connectivity index (χ0) is 18.3. The van der Waals surface area contributed by atoms with Gasteiger partial charge in [0.25, 0.3) is 0 Å². The Labute approximate surface area is 148 Å². The molecule has 0 fully saturated rings. The van der Waals surface area contributed by atoms with Crippen molar-refractivity contribution in [1.29, 1.82) is 0 Å². The van der Waals surface area contributed by atoms with E-state index in [-0.39, 0.29) is 0 Å². The second-order valence-corrected chi connectivity index (χ2v) is 9.49. The molecule has 4 aliphatic heterocycles. The summed E-state index contributed by atoms with van der Waals surface area (Å²) in [5.74, 6) is 6.71. The van der Waals surface area contributed by atoms with Crippen LogP contribution < -0.4 is 0 Å². The van der Waals surface area contributed by atoms with Crippen LogP contribution in [0.1, 0.15) is 41.5 Å². The second kappa shape index (κ2) is 4.69. The largest absolute Gasteiger partial charge is 0.683 e. The van der Waals surface area contributed by atoms with Crippen LogP contribution in [0.15, 0.2) is 44.8 Å². The zero-order valence-corrected chi connectivity index (χ0v) is 16.5. The van der Waals surface area contributed by atoms with Crippen molar-refractivity contribution in [3.63, 3.8) is 0 Å². The van der Waals surface area contributed by atoms with Crippen LogP contribution in [-0.4, -0.2) is 61.3 Å². The second-order valence-electron chi connectivity index (χ2n) is 6.50. The summed E-state index contributed by atoms with van der Waals surface area (Å²) in [6.07, 6.45) is 0. The van der Waals surface area contributed by atoms with Gasteiger partial charge in [-0.25, -0.2) is 18.0 Å². The van der Waals surface area contributed by atoms with Crippen LogP contribution in [0.3, 0.4) is 0 Å². The lowest BCUT2D eigenvalue weighted by Gasteiger charge is -2.50. The average molecular weight is 354 g/mol. The third-order valence-electron chi connectivity index (χ3n) is 4.89. The molecule has 25 heavy (non-hydrogen) atoms. The number of amidine groups is 6. The normalized spacial score (nSPS) is 28.4. The van der Waals surface area contributed by atoms with Crippen molar-refractivity contribution >= 4 is 43.7 Å². The fraction of sp³-hybridized carbons (Fsp3) is 0.375. The Bertz CT molecular complexity index is 961. The van der Waals surface area contributed by atoms with Crippen LogP contribution in [0.2, 0.25) is 0 Å². The molecule has 9 heteroatoms. The summed E-state index contributed by atoms with van der Waals surface area (Å²) in [5.41, 5.74) is 0. The Kier molecular flexibility index (Phi) is 2.97. The molecule has 0 aliphatic carbocycles. The minimum atomic E-state index is -2.83. The maximum Gasteiger partial charge on any atom is 0.683 e. The number of rotatable bonds is 0. The summed E-state index contributed by atoms with van der Waals surface area (Å²) in [5, 5.41) is 0. The molecule has 0 bridgehead atoms. The lowest BCUT2D eigenvalue weighted by Crippen LogP contribution is -2.85. The van der Waals surface area contributed by atoms with Gasteiger partial charge in [0.05, 0.1) is 0 Å². The molecule has 8 nitrogen and oxygen atoms in total. The van der Waals surface area contributed by atoms with Crippen LogP contribution >= 0.6 is 0 Å². The molecule has 0 aromatic carbocycles. The molecule has 0 saturated heterocycles. The molecule has 0 saturated carbocycles. The topological polar surface area (TPSA) is 61.9 Å². The van der Waals surface area contributed by atoms with Gasteiger partial charge < -0.3 is 0 Å². The van der Waals surface area contributed by atoms with E-state index in [2.05, 4.69) is 40.8 Å². The van der Waals surface area contributed by atoms with Crippen molar-refractivity contribution in [2.45, 2.75) is 41.5 Å². The van der Waals surface area contributed by atoms with Crippen LogP contribution in [0, 0.1) is 0 Å². The maximum absolute atomic E-state index is 4.77. The first kappa shape index (κ1) is 15.8. The van der Waals surface area contributed by atoms with E-state index >= 15 is 0 Å². The summed E-state index contributed by atoms with van der Waals surface area (Å²) in [4.78, 5) is 18.9. The third-order valence-corrected chi connectivity index (χ3v) is 9.74. The standard InChI is InChI=1S/C16H22N8Si/c1-9-17-10(2)22-13(5)19-14(6)24-16(8)20-15(7)23-12(4)18-11(3)21(9)25(22,23)24/h1,3H2,2,4-8H3/q+2. The lowest BCUT2D eigenvalue weighted by molar-refractivity contribution is -0.451. The number of aliphatic imine (C=N–C) groups is 4. The molecular weight excluding hydrogens is 332 g/mol. The van der Waals surface area contributed by atoms with E-state index in [1.165, 1.54) is 0 Å². The number of nitrogens with zero attached hydrogens (tertiary/aromatic N) is 8. The minimum Gasteiger partial charge on any atom is -0.251 e. The van der Waals surface area contributed by atoms with E-state index in [1.807, 2.05) is 41.5 Å². The predicted octanol–water partition coefficient (Wildman–Crippen LogP) is 1.56. The minimum absolute atomic E-state index is 0.654. The van der Waals surface area contributed by atoms with Crippen molar-refractivity contribution in [2.75, 3.05) is 0 Å². The van der Waals surface area contributed by atoms with E-state index in [0.717, 1.165) is 35.0 Å². The molecule has 4 heterocycles. The molecule has 1 atom stereocenters. The Morgan fingerprint density at radius 2 is 1.16 bits per heavy atom. The Hall–Kier alpha value is -2.68. The van der Waals surface area contributed by atoms with E-state index < -0.39 is 8.72 Å². The van der Waals surface area contributed by atoms with E-state index in [4.69, 9.17) is 9.98 Å². The first-order valence-corrected chi connectivity index (χ1v) is 9.97. The van der Waals surface area contributed by atoms with Gasteiger partial charge in [-0.3, -0.25) is 4.57 Å². The molecule has 4 aliphatic rings. The SMILES string of the molecule is C=C1N=C(C)N2C(C)=NC(C)=[N+]3C(C)=NC(C)=[N+]4C(C)=NC(=C)N1[Si]234. The van der Waals surface area contributed by atoms with Gasteiger partial charge in [-0.2, -0.15) is 0 Å². The van der Waals surface area contributed by atoms with Gasteiger partial charge in [-0.1, -0.05) is 21.6 Å². The molecule has 0 N–H and O–H groups in total. The van der Waals surface area contributed by atoms with Crippen LogP contribution in [0.25, 0.3) is 0 Å². The molecule has 1 unspecified atom stereocenters. The molecule has 0 aromatic heterocycles. The van der Waals surface area contributed by atoms with E-state index in [9.17, 15) is 0 Å². The van der Waals surface area contributed by atoms with E-state index in [0.29, 0.717) is 11.6 Å². The number of hydrogen-bond donors (Lipinski definition) is 0. The van der Waals surface area contributed by atoms with Crippen LogP contribution in [0.5, 0.6) is 0 Å². The van der Waals surface area contributed by atoms with Crippen LogP contribution in [-0.2, 0) is 0 Å². The van der Waals surface area contributed by atoms with Gasteiger partial charge >= 0.3 is 8.72 Å². The van der Waals surface area contributed by atoms with Crippen molar-refractivity contribution < 1.29 is 8.48 Å². The highest BCUT2D eigenvalue weighted by Crippen LogP contribution is 2.38. The van der Waals surface area contributed by atoms with Gasteiger partial charge in [-0.15, -0.1) is 0 Å². The summed E-state index contributed by atoms with van der Waals surface area (Å²) in [7, 11) is -2.83. The Balaban J connectivity index is 2.24. The molecule has 1 spiro atoms. The van der Waals surface area contributed by atoms with Crippen LogP contribution in [0.4, 0.5) is 0 Å². The third kappa shape index (κ3) is 1.66. The first-order chi connectivity index (χ1) is 11.7. The summed E-state index contributed by atoms with van der Waals surface area (Å²) < 4.78 is 8.80. The fourth-order valence-corrected chi connectivity index (χ4v) is 9.24. The highest BCUT2D eigenvalue weighted by molar-refractivity contribution is 6.71. The van der Waals surface area contributed by atoms with Gasteiger partial charge in [0, 0.05) is 34.6 Å². The predicted molar refractivity (Wildman–Crippen MR) is 102 cm³/mol. The number of hydrogen-bond acceptors (Lipinski definition) is 6. The maximum atomic E-state index is 4.77. The summed E-state index contributed by atoms with van der Waals surface area (Å²) >= 11 is 0. The Morgan fingerprint density at radius 3 is 1.80 bits per heavy atom. The zero-order valence-electron chi connectivity index (χ0n) is 15.5. The molecule has 0 amide bonds. The summed E-state index contributed by atoms with van der Waals surface area (Å²) in [6.45, 7) is 20.5. The van der Waals surface area contributed by atoms with Crippen molar-refractivity contribution in [3.05, 3.63) is 24.8 Å². The quantitative estimate of drug-likeness (QED) is 0.620. The highest BCUT2D eigenvalue weighted by atomic mass is 28.4. The lowest BCUT2D eigenvalue weighted by atomic mass is 10.5. The van der Waals surface area contributed by atoms with Crippen molar-refractivity contribution in [1.82, 2.24) is 9.13 Å². The highest BCUT2D eigenvalue weighted by Gasteiger charge is 2.75. The smallest absolute Gasteiger partial charge is 0.251 e. The van der Waals surface area contributed by atoms with Gasteiger partial charge in [0.2, 0.25) is 29.2 Å². The monoisotopic (exact) mass is 354 g/mol. The van der Waals surface area contributed by atoms with Gasteiger partial charge in [-0.05, 0) is 13.5 Å². The fourth-order valence-electron chi connectivity index (χ4n) is 4.34. The molecule has 128 valence electrons. The van der Waals surface area contributed by atoms with Gasteiger partial charge in [0.15, 0.2) is 5.84 Å². The first-order valence-electron chi connectivity index (χ1n) is 8.18. The van der Waals surface area contributed by atoms with Gasteiger partial charge in [0.1, 0.15) is 11.7 Å². The molecular formula is C16H22N8Si+2. The molecule has 0 radical (unpaired) electrons. The van der Waals surface area contributed by atoms with Crippen molar-refractivity contribution in [3.8, 4) is 0 Å².